The molecule has 4 heteroatoms. The predicted molar refractivity (Wildman–Crippen MR) is 104 cm³/mol. The van der Waals surface area contributed by atoms with Gasteiger partial charge >= 0.3 is 0 Å². The summed E-state index contributed by atoms with van der Waals surface area (Å²) in [6.45, 7) is 0. The van der Waals surface area contributed by atoms with Crippen molar-refractivity contribution in [3.8, 4) is 40.9 Å². The van der Waals surface area contributed by atoms with Crippen LogP contribution in [0.2, 0.25) is 0 Å². The first-order valence-electron chi connectivity index (χ1n) is 7.68. The lowest BCUT2D eigenvalue weighted by Gasteiger charge is -2.12. The van der Waals surface area contributed by atoms with Gasteiger partial charge in [-0.05, 0) is 30.3 Å². The van der Waals surface area contributed by atoms with Crippen LogP contribution in [0, 0.1) is 23.7 Å². The summed E-state index contributed by atoms with van der Waals surface area (Å²) in [6, 6.07) is 11.5. The maximum Gasteiger partial charge on any atom is 0.203 e. The smallest absolute Gasteiger partial charge is 0.203 e. The molecule has 0 aliphatic carbocycles. The third kappa shape index (κ3) is 5.21. The van der Waals surface area contributed by atoms with Crippen molar-refractivity contribution < 1.29 is 14.2 Å². The third-order valence-corrected chi connectivity index (χ3v) is 3.73. The molecule has 128 valence electrons. The monoisotopic (exact) mass is 398 g/mol. The predicted octanol–water partition coefficient (Wildman–Crippen LogP) is 4.25. The van der Waals surface area contributed by atoms with Crippen molar-refractivity contribution in [1.29, 1.82) is 0 Å². The molecule has 0 radical (unpaired) electrons. The molecule has 0 aliphatic heterocycles. The van der Waals surface area contributed by atoms with Gasteiger partial charge in [0.2, 0.25) is 5.75 Å². The van der Waals surface area contributed by atoms with Gasteiger partial charge in [-0.3, -0.25) is 0 Å². The summed E-state index contributed by atoms with van der Waals surface area (Å²) in [4.78, 5) is 0. The second-order valence-electron chi connectivity index (χ2n) is 4.99. The van der Waals surface area contributed by atoms with E-state index in [0.29, 0.717) is 17.2 Å². The van der Waals surface area contributed by atoms with E-state index in [2.05, 4.69) is 39.6 Å². The maximum absolute atomic E-state index is 5.35. The molecule has 3 nitrogen and oxygen atoms in total. The van der Waals surface area contributed by atoms with E-state index in [1.165, 1.54) is 0 Å². The van der Waals surface area contributed by atoms with Crippen LogP contribution in [0.4, 0.5) is 0 Å². The molecule has 25 heavy (non-hydrogen) atoms. The molecule has 0 saturated carbocycles. The summed E-state index contributed by atoms with van der Waals surface area (Å²) in [5, 5.41) is 0.876. The Bertz CT molecular complexity index is 826. The van der Waals surface area contributed by atoms with Gasteiger partial charge < -0.3 is 14.2 Å². The maximum atomic E-state index is 5.35. The molecular formula is C21H19BrO3. The Kier molecular flexibility index (Phi) is 7.26. The Hall–Kier alpha value is -2.56. The van der Waals surface area contributed by atoms with E-state index in [1.807, 2.05) is 36.4 Å². The number of hydrogen-bond donors (Lipinski definition) is 0. The van der Waals surface area contributed by atoms with Gasteiger partial charge in [-0.15, -0.1) is 0 Å². The Labute approximate surface area is 157 Å². The molecule has 0 aromatic heterocycles. The van der Waals surface area contributed by atoms with Crippen LogP contribution in [-0.4, -0.2) is 26.7 Å². The highest BCUT2D eigenvalue weighted by atomic mass is 79.9. The van der Waals surface area contributed by atoms with Gasteiger partial charge in [-0.25, -0.2) is 0 Å². The molecule has 0 heterocycles. The van der Waals surface area contributed by atoms with Crippen molar-refractivity contribution in [3.05, 3.63) is 53.1 Å². The zero-order valence-corrected chi connectivity index (χ0v) is 16.1. The largest absolute Gasteiger partial charge is 0.493 e. The quantitative estimate of drug-likeness (QED) is 0.569. The van der Waals surface area contributed by atoms with Crippen LogP contribution in [0.1, 0.15) is 23.1 Å². The fraction of sp³-hybridized carbons (Fsp3) is 0.238. The number of alkyl halides is 1. The minimum Gasteiger partial charge on any atom is -0.493 e. The highest BCUT2D eigenvalue weighted by Gasteiger charge is 2.12. The number of hydrogen-bond acceptors (Lipinski definition) is 3. The molecule has 0 atom stereocenters. The number of halogens is 1. The summed E-state index contributed by atoms with van der Waals surface area (Å²) >= 11 is 3.37. The van der Waals surface area contributed by atoms with E-state index in [0.717, 1.165) is 28.4 Å². The molecule has 0 amide bonds. The first kappa shape index (κ1) is 18.8. The van der Waals surface area contributed by atoms with E-state index in [-0.39, 0.29) is 0 Å². The van der Waals surface area contributed by atoms with Crippen LogP contribution >= 0.6 is 15.9 Å². The van der Waals surface area contributed by atoms with E-state index >= 15 is 0 Å². The van der Waals surface area contributed by atoms with E-state index in [4.69, 9.17) is 14.2 Å². The molecule has 0 N–H and O–H groups in total. The molecule has 0 bridgehead atoms. The lowest BCUT2D eigenvalue weighted by molar-refractivity contribution is 0.324. The average Bonchev–Trinajstić information content (AvgIpc) is 2.66. The zero-order valence-electron chi connectivity index (χ0n) is 14.5. The first-order valence-corrected chi connectivity index (χ1v) is 8.81. The van der Waals surface area contributed by atoms with E-state index < -0.39 is 0 Å². The second kappa shape index (κ2) is 9.67. The molecule has 2 aromatic rings. The summed E-state index contributed by atoms with van der Waals surface area (Å²) < 4.78 is 16.0. The molecule has 2 rings (SSSR count). The van der Waals surface area contributed by atoms with Gasteiger partial charge in [0.05, 0.1) is 21.3 Å². The number of ether oxygens (including phenoxy) is 3. The highest BCUT2D eigenvalue weighted by Crippen LogP contribution is 2.37. The van der Waals surface area contributed by atoms with Crippen LogP contribution in [-0.2, 0) is 0 Å². The lowest BCUT2D eigenvalue weighted by atomic mass is 10.1. The summed E-state index contributed by atoms with van der Waals surface area (Å²) in [5.74, 6) is 14.2. The lowest BCUT2D eigenvalue weighted by Crippen LogP contribution is -1.95. The van der Waals surface area contributed by atoms with Gasteiger partial charge in [0.15, 0.2) is 11.5 Å². The van der Waals surface area contributed by atoms with Gasteiger partial charge in [0.1, 0.15) is 0 Å². The van der Waals surface area contributed by atoms with Gasteiger partial charge in [-0.2, -0.15) is 0 Å². The van der Waals surface area contributed by atoms with Crippen molar-refractivity contribution in [1.82, 2.24) is 0 Å². The normalized spacial score (nSPS) is 9.28. The van der Waals surface area contributed by atoms with Gasteiger partial charge in [-0.1, -0.05) is 45.7 Å². The molecule has 0 aliphatic rings. The van der Waals surface area contributed by atoms with Gasteiger partial charge in [0.25, 0.3) is 0 Å². The topological polar surface area (TPSA) is 27.7 Å². The van der Waals surface area contributed by atoms with Crippen molar-refractivity contribution >= 4 is 15.9 Å². The van der Waals surface area contributed by atoms with Crippen LogP contribution in [0.25, 0.3) is 0 Å². The molecule has 0 saturated heterocycles. The number of methoxy groups -OCH3 is 3. The van der Waals surface area contributed by atoms with Crippen LogP contribution < -0.4 is 14.2 Å². The van der Waals surface area contributed by atoms with Gasteiger partial charge in [0, 0.05) is 28.4 Å². The third-order valence-electron chi connectivity index (χ3n) is 3.33. The van der Waals surface area contributed by atoms with E-state index in [1.54, 1.807) is 21.3 Å². The van der Waals surface area contributed by atoms with Crippen molar-refractivity contribution in [2.24, 2.45) is 0 Å². The number of rotatable bonds is 4. The van der Waals surface area contributed by atoms with Crippen LogP contribution in [0.15, 0.2) is 36.4 Å². The molecular weight excluding hydrogens is 380 g/mol. The zero-order chi connectivity index (χ0) is 18.1. The summed E-state index contributed by atoms with van der Waals surface area (Å²) in [5.41, 5.74) is 2.64. The molecule has 2 aromatic carbocycles. The van der Waals surface area contributed by atoms with Crippen molar-refractivity contribution in [2.75, 3.05) is 26.7 Å². The molecule has 0 spiro atoms. The Morgan fingerprint density at radius 3 is 1.96 bits per heavy atom. The Morgan fingerprint density at radius 1 is 0.800 bits per heavy atom. The Morgan fingerprint density at radius 2 is 1.40 bits per heavy atom. The minimum absolute atomic E-state index is 0.555. The molecule has 0 fully saturated rings. The SMILES string of the molecule is COc1cc(C#Cc2cccc(C#CCCBr)c2)cc(OC)c1OC. The fourth-order valence-corrected chi connectivity index (χ4v) is 2.38. The van der Waals surface area contributed by atoms with Crippen molar-refractivity contribution in [3.63, 3.8) is 0 Å². The van der Waals surface area contributed by atoms with Crippen LogP contribution in [0.5, 0.6) is 17.2 Å². The summed E-state index contributed by atoms with van der Waals surface area (Å²) in [7, 11) is 4.75. The van der Waals surface area contributed by atoms with E-state index in [9.17, 15) is 0 Å². The van der Waals surface area contributed by atoms with Crippen LogP contribution in [0.3, 0.4) is 0 Å². The first-order chi connectivity index (χ1) is 12.2. The number of benzene rings is 2. The second-order valence-corrected chi connectivity index (χ2v) is 5.78. The molecule has 0 unspecified atom stereocenters. The highest BCUT2D eigenvalue weighted by molar-refractivity contribution is 9.09. The van der Waals surface area contributed by atoms with Crippen molar-refractivity contribution in [2.45, 2.75) is 6.42 Å². The Balaban J connectivity index is 2.32. The standard InChI is InChI=1S/C21H19BrO3/c1-23-19-14-18(15-20(24-2)21(19)25-3)11-10-17-9-6-8-16(13-17)7-4-5-12-22/h6,8-9,13-15H,5,12H2,1-3H3. The summed E-state index contributed by atoms with van der Waals surface area (Å²) in [6.07, 6.45) is 0.821. The fourth-order valence-electron chi connectivity index (χ4n) is 2.18. The average molecular weight is 399 g/mol. The minimum atomic E-state index is 0.555.